The average Bonchev–Trinajstić information content (AvgIpc) is 3.19. The van der Waals surface area contributed by atoms with E-state index in [4.69, 9.17) is 0 Å². The van der Waals surface area contributed by atoms with Crippen molar-refractivity contribution in [2.24, 2.45) is 11.3 Å². The Kier molecular flexibility index (Phi) is 4.65. The van der Waals surface area contributed by atoms with Crippen LogP contribution in [0.3, 0.4) is 0 Å². The Hall–Kier alpha value is -2.20. The number of carbonyl (C=O) groups excluding carboxylic acids is 1. The van der Waals surface area contributed by atoms with E-state index in [9.17, 15) is 10.1 Å². The van der Waals surface area contributed by atoms with Gasteiger partial charge in [-0.05, 0) is 43.1 Å². The van der Waals surface area contributed by atoms with Crippen LogP contribution in [-0.4, -0.2) is 20.7 Å². The lowest BCUT2D eigenvalue weighted by atomic mass is 9.72. The van der Waals surface area contributed by atoms with Crippen LogP contribution in [-0.2, 0) is 17.6 Å². The van der Waals surface area contributed by atoms with Gasteiger partial charge < -0.3 is 5.32 Å². The lowest BCUT2D eigenvalue weighted by Gasteiger charge is -2.33. The van der Waals surface area contributed by atoms with Gasteiger partial charge in [0.05, 0.1) is 5.56 Å². The molecular formula is C18H23N5OS. The van der Waals surface area contributed by atoms with E-state index in [1.165, 1.54) is 22.2 Å². The molecule has 0 radical (unpaired) electrons. The van der Waals surface area contributed by atoms with E-state index >= 15 is 0 Å². The minimum Gasteiger partial charge on any atom is -0.315 e. The number of hydrogen-bond acceptors (Lipinski definition) is 5. The number of rotatable bonds is 3. The third kappa shape index (κ3) is 3.45. The van der Waals surface area contributed by atoms with Crippen LogP contribution >= 0.6 is 11.3 Å². The number of fused-ring (bicyclic) bond motifs is 1. The van der Waals surface area contributed by atoms with Crippen molar-refractivity contribution in [2.45, 2.75) is 53.0 Å². The molecular weight excluding hydrogens is 334 g/mol. The Bertz CT molecular complexity index is 810. The molecule has 0 bridgehead atoms. The van der Waals surface area contributed by atoms with Crippen LogP contribution in [0.1, 0.15) is 56.2 Å². The maximum absolute atomic E-state index is 12.5. The van der Waals surface area contributed by atoms with E-state index in [1.807, 2.05) is 0 Å². The van der Waals surface area contributed by atoms with Gasteiger partial charge in [0, 0.05) is 4.88 Å². The highest BCUT2D eigenvalue weighted by Crippen LogP contribution is 2.44. The van der Waals surface area contributed by atoms with E-state index in [-0.39, 0.29) is 11.3 Å². The molecule has 0 spiro atoms. The predicted octanol–water partition coefficient (Wildman–Crippen LogP) is 3.56. The van der Waals surface area contributed by atoms with E-state index < -0.39 is 6.04 Å². The zero-order valence-corrected chi connectivity index (χ0v) is 15.9. The van der Waals surface area contributed by atoms with Gasteiger partial charge in [-0.25, -0.2) is 9.67 Å². The molecule has 0 fully saturated rings. The Labute approximate surface area is 151 Å². The van der Waals surface area contributed by atoms with Gasteiger partial charge in [0.2, 0.25) is 5.91 Å². The molecule has 3 rings (SSSR count). The summed E-state index contributed by atoms with van der Waals surface area (Å²) in [7, 11) is 0. The summed E-state index contributed by atoms with van der Waals surface area (Å²) in [5.74, 6) is 0.413. The van der Waals surface area contributed by atoms with Crippen LogP contribution in [0.4, 0.5) is 5.00 Å². The maximum Gasteiger partial charge on any atom is 0.249 e. The third-order valence-corrected chi connectivity index (χ3v) is 6.22. The highest BCUT2D eigenvalue weighted by Gasteiger charge is 2.32. The minimum atomic E-state index is -0.476. The first-order chi connectivity index (χ1) is 11.8. The topological polar surface area (TPSA) is 83.6 Å². The Morgan fingerprint density at radius 3 is 2.88 bits per heavy atom. The summed E-state index contributed by atoms with van der Waals surface area (Å²) < 4.78 is 1.50. The van der Waals surface area contributed by atoms with E-state index in [0.717, 1.165) is 24.8 Å². The van der Waals surface area contributed by atoms with Crippen molar-refractivity contribution in [1.82, 2.24) is 14.8 Å². The standard InChI is InChI=1S/C18H23N5OS/c1-11(23-10-20-9-21-23)16(24)22-17-14(8-19)13-6-5-12(18(2,3)4)7-15(13)25-17/h9-12H,5-7H2,1-4H3,(H,22,24). The second-order valence-corrected chi connectivity index (χ2v) is 8.77. The Morgan fingerprint density at radius 2 is 2.28 bits per heavy atom. The fourth-order valence-corrected chi connectivity index (χ4v) is 4.57. The SMILES string of the molecule is CC(C(=O)Nc1sc2c(c1C#N)CCC(C(C)(C)C)C2)n1cncn1. The molecule has 6 nitrogen and oxygen atoms in total. The van der Waals surface area contributed by atoms with Crippen LogP contribution in [0.2, 0.25) is 0 Å². The highest BCUT2D eigenvalue weighted by atomic mass is 32.1. The number of amides is 1. The molecule has 1 aliphatic rings. The lowest BCUT2D eigenvalue weighted by Crippen LogP contribution is -2.26. The quantitative estimate of drug-likeness (QED) is 0.910. The number of nitrogens with zero attached hydrogens (tertiary/aromatic N) is 4. The lowest BCUT2D eigenvalue weighted by molar-refractivity contribution is -0.119. The highest BCUT2D eigenvalue weighted by molar-refractivity contribution is 7.16. The smallest absolute Gasteiger partial charge is 0.249 e. The molecule has 0 aromatic carbocycles. The van der Waals surface area contributed by atoms with Gasteiger partial charge in [0.15, 0.2) is 0 Å². The molecule has 2 heterocycles. The summed E-state index contributed by atoms with van der Waals surface area (Å²) in [6, 6.07) is 1.82. The van der Waals surface area contributed by atoms with Gasteiger partial charge >= 0.3 is 0 Å². The third-order valence-electron chi connectivity index (χ3n) is 5.05. The molecule has 1 amide bonds. The number of nitrogens with one attached hydrogen (secondary N) is 1. The van der Waals surface area contributed by atoms with Crippen molar-refractivity contribution in [2.75, 3.05) is 5.32 Å². The number of carbonyl (C=O) groups is 1. The van der Waals surface area contributed by atoms with Crippen molar-refractivity contribution >= 4 is 22.2 Å². The van der Waals surface area contributed by atoms with Crippen molar-refractivity contribution in [3.8, 4) is 6.07 Å². The molecule has 7 heteroatoms. The van der Waals surface area contributed by atoms with E-state index in [2.05, 4.69) is 42.2 Å². The average molecular weight is 357 g/mol. The Balaban J connectivity index is 1.83. The molecule has 2 aromatic heterocycles. The molecule has 132 valence electrons. The molecule has 0 saturated carbocycles. The second kappa shape index (κ2) is 6.60. The van der Waals surface area contributed by atoms with Crippen LogP contribution in [0, 0.1) is 22.7 Å². The molecule has 2 aromatic rings. The zero-order valence-electron chi connectivity index (χ0n) is 15.0. The first-order valence-corrected chi connectivity index (χ1v) is 9.32. The van der Waals surface area contributed by atoms with Crippen molar-refractivity contribution in [3.05, 3.63) is 28.7 Å². The summed E-state index contributed by atoms with van der Waals surface area (Å²) in [6.07, 6.45) is 5.90. The maximum atomic E-state index is 12.5. The molecule has 0 aliphatic heterocycles. The molecule has 2 atom stereocenters. The monoisotopic (exact) mass is 357 g/mol. The van der Waals surface area contributed by atoms with Crippen LogP contribution in [0.5, 0.6) is 0 Å². The molecule has 1 N–H and O–H groups in total. The van der Waals surface area contributed by atoms with Gasteiger partial charge in [0.25, 0.3) is 0 Å². The largest absolute Gasteiger partial charge is 0.315 e. The van der Waals surface area contributed by atoms with Crippen LogP contribution < -0.4 is 5.32 Å². The second-order valence-electron chi connectivity index (χ2n) is 7.67. The van der Waals surface area contributed by atoms with E-state index in [1.54, 1.807) is 18.3 Å². The summed E-state index contributed by atoms with van der Waals surface area (Å²) in [5.41, 5.74) is 2.00. The van der Waals surface area contributed by atoms with Crippen LogP contribution in [0.15, 0.2) is 12.7 Å². The summed E-state index contributed by atoms with van der Waals surface area (Å²) in [6.45, 7) is 8.57. The number of hydrogen-bond donors (Lipinski definition) is 1. The Morgan fingerprint density at radius 1 is 1.52 bits per heavy atom. The molecule has 2 unspecified atom stereocenters. The van der Waals surface area contributed by atoms with Gasteiger partial charge in [-0.15, -0.1) is 11.3 Å². The normalized spacial score (nSPS) is 18.3. The van der Waals surface area contributed by atoms with Gasteiger partial charge in [-0.2, -0.15) is 10.4 Å². The zero-order chi connectivity index (χ0) is 18.2. The van der Waals surface area contributed by atoms with Gasteiger partial charge in [-0.3, -0.25) is 4.79 Å². The number of nitriles is 1. The fourth-order valence-electron chi connectivity index (χ4n) is 3.29. The predicted molar refractivity (Wildman–Crippen MR) is 97.4 cm³/mol. The summed E-state index contributed by atoms with van der Waals surface area (Å²) in [4.78, 5) is 17.6. The van der Waals surface area contributed by atoms with Crippen LogP contribution in [0.25, 0.3) is 0 Å². The summed E-state index contributed by atoms with van der Waals surface area (Å²) in [5, 5.41) is 17.2. The first-order valence-electron chi connectivity index (χ1n) is 8.51. The minimum absolute atomic E-state index is 0.187. The van der Waals surface area contributed by atoms with Crippen molar-refractivity contribution in [3.63, 3.8) is 0 Å². The number of anilines is 1. The molecule has 25 heavy (non-hydrogen) atoms. The fraction of sp³-hybridized carbons (Fsp3) is 0.556. The summed E-state index contributed by atoms with van der Waals surface area (Å²) >= 11 is 1.55. The van der Waals surface area contributed by atoms with Gasteiger partial charge in [-0.1, -0.05) is 20.8 Å². The van der Waals surface area contributed by atoms with Gasteiger partial charge in [0.1, 0.15) is 29.8 Å². The van der Waals surface area contributed by atoms with E-state index in [0.29, 0.717) is 16.5 Å². The number of aromatic nitrogens is 3. The van der Waals surface area contributed by atoms with Crippen molar-refractivity contribution in [1.29, 1.82) is 5.26 Å². The van der Waals surface area contributed by atoms with Crippen molar-refractivity contribution < 1.29 is 4.79 Å². The number of thiophene rings is 1. The molecule has 1 aliphatic carbocycles. The molecule has 0 saturated heterocycles. The first kappa shape index (κ1) is 17.6.